The number of nitrogens with one attached hydrogen (secondary N) is 4. The van der Waals surface area contributed by atoms with Gasteiger partial charge in [-0.05, 0) is 138 Å². The number of rotatable bonds is 2. The number of pyridine rings is 3. The Kier molecular flexibility index (Phi) is 13.2. The number of amides is 4. The molecule has 0 radical (unpaired) electrons. The zero-order valence-corrected chi connectivity index (χ0v) is 38.6. The number of carbonyl (C=O) groups excluding carboxylic acids is 2. The molecule has 14 heteroatoms. The highest BCUT2D eigenvalue weighted by atomic mass is 79.9. The standard InChI is InChI=1S/C26H23BrClN3O2.C25H23ClN4O2/c27-22-15-29-24-21(25(22)32)8-6-17-14-18(28)7-9-20(17)23(24)16-10-12-31(13-11-16)26(33)30-19-4-2-1-3-5-19;26-18-4-6-20-17(14-18)3-5-21-22(31)7-11-28-24(21)23(20)16-8-12-30(13-9-16)25(32)29-19-2-1-10-27-15-19/h1-5,7,9,14-15H,6,8,10-13H2,(H,29,32)(H,30,33);1-2,4,6-7,10-11,14-15H,3,5,8-9,12-13H2,(H,28,31)(H,29,32). The van der Waals surface area contributed by atoms with Crippen LogP contribution in [0.4, 0.5) is 21.0 Å². The molecule has 0 bridgehead atoms. The first kappa shape index (κ1) is 44.0. The molecule has 2 aliphatic heterocycles. The maximum atomic E-state index is 13.0. The van der Waals surface area contributed by atoms with Gasteiger partial charge in [0.05, 0.1) is 27.7 Å². The van der Waals surface area contributed by atoms with Crippen molar-refractivity contribution in [1.29, 1.82) is 0 Å². The summed E-state index contributed by atoms with van der Waals surface area (Å²) in [5, 5.41) is 7.28. The van der Waals surface area contributed by atoms with Crippen LogP contribution in [0.15, 0.2) is 135 Å². The molecule has 0 unspecified atom stereocenters. The van der Waals surface area contributed by atoms with Gasteiger partial charge in [0.25, 0.3) is 0 Å². The van der Waals surface area contributed by atoms with E-state index in [1.807, 2.05) is 70.5 Å². The van der Waals surface area contributed by atoms with E-state index in [-0.39, 0.29) is 22.9 Å². The topological polar surface area (TPSA) is 143 Å². The number of piperidine rings is 2. The maximum absolute atomic E-state index is 13.0. The lowest BCUT2D eigenvalue weighted by atomic mass is 9.88. The third-order valence-electron chi connectivity index (χ3n) is 12.6. The van der Waals surface area contributed by atoms with Crippen molar-refractivity contribution >= 4 is 73.7 Å². The molecular weight excluding hydrogens is 925 g/mol. The number of halogens is 3. The van der Waals surface area contributed by atoms with Gasteiger partial charge >= 0.3 is 12.1 Å². The Morgan fingerprint density at radius 3 is 1.72 bits per heavy atom. The van der Waals surface area contributed by atoms with Crippen molar-refractivity contribution in [2.45, 2.75) is 51.4 Å². The highest BCUT2D eigenvalue weighted by Gasteiger charge is 2.29. The Morgan fingerprint density at radius 1 is 0.615 bits per heavy atom. The van der Waals surface area contributed by atoms with E-state index in [2.05, 4.69) is 53.6 Å². The van der Waals surface area contributed by atoms with Crippen molar-refractivity contribution in [1.82, 2.24) is 24.8 Å². The molecule has 4 aliphatic rings. The molecule has 2 saturated heterocycles. The molecule has 4 amide bonds. The van der Waals surface area contributed by atoms with Gasteiger partial charge < -0.3 is 30.4 Å². The smallest absolute Gasteiger partial charge is 0.321 e. The molecular formula is C51H46BrCl2N7O4. The Labute approximate surface area is 394 Å². The molecule has 10 rings (SSSR count). The summed E-state index contributed by atoms with van der Waals surface area (Å²) in [4.78, 5) is 65.5. The van der Waals surface area contributed by atoms with Gasteiger partial charge in [-0.25, -0.2) is 9.59 Å². The number of nitrogens with zero attached hydrogens (tertiary/aromatic N) is 3. The first-order chi connectivity index (χ1) is 31.6. The van der Waals surface area contributed by atoms with Gasteiger partial charge in [-0.1, -0.05) is 64.7 Å². The third kappa shape index (κ3) is 9.61. The number of urea groups is 2. The normalized spacial score (nSPS) is 15.6. The predicted octanol–water partition coefficient (Wildman–Crippen LogP) is 10.7. The van der Waals surface area contributed by atoms with E-state index in [1.54, 1.807) is 36.9 Å². The number of likely N-dealkylation sites (tertiary alicyclic amines) is 2. The lowest BCUT2D eigenvalue weighted by Crippen LogP contribution is -2.39. The number of anilines is 2. The Morgan fingerprint density at radius 2 is 1.15 bits per heavy atom. The van der Waals surface area contributed by atoms with Gasteiger partial charge in [0, 0.05) is 88.8 Å². The highest BCUT2D eigenvalue weighted by molar-refractivity contribution is 9.10. The summed E-state index contributed by atoms with van der Waals surface area (Å²) in [6.45, 7) is 2.47. The van der Waals surface area contributed by atoms with Gasteiger partial charge in [0.1, 0.15) is 0 Å². The number of aromatic amines is 2. The average Bonchev–Trinajstić information content (AvgIpc) is 3.59. The molecule has 2 fully saturated rings. The minimum atomic E-state index is -0.121. The van der Waals surface area contributed by atoms with Crippen LogP contribution in [0.25, 0.3) is 11.1 Å². The largest absolute Gasteiger partial charge is 0.361 e. The Hall–Kier alpha value is -6.21. The number of fused-ring (bicyclic) bond motifs is 4. The molecule has 0 atom stereocenters. The van der Waals surface area contributed by atoms with Crippen LogP contribution in [0.3, 0.4) is 0 Å². The van der Waals surface area contributed by atoms with Crippen LogP contribution in [-0.4, -0.2) is 63.0 Å². The number of hydrogen-bond acceptors (Lipinski definition) is 5. The van der Waals surface area contributed by atoms with Gasteiger partial charge in [0.15, 0.2) is 10.9 Å². The number of aryl methyl sites for hydroxylation is 2. The van der Waals surface area contributed by atoms with E-state index in [0.29, 0.717) is 59.2 Å². The maximum Gasteiger partial charge on any atom is 0.321 e. The Bertz CT molecular complexity index is 2970. The Balaban J connectivity index is 0.000000164. The molecule has 3 aromatic heterocycles. The summed E-state index contributed by atoms with van der Waals surface area (Å²) in [6, 6.07) is 26.4. The van der Waals surface area contributed by atoms with Crippen LogP contribution in [0.2, 0.25) is 10.0 Å². The summed E-state index contributed by atoms with van der Waals surface area (Å²) < 4.78 is 0.544. The number of aromatic nitrogens is 3. The van der Waals surface area contributed by atoms with Crippen molar-refractivity contribution < 1.29 is 9.59 Å². The second kappa shape index (κ2) is 19.5. The van der Waals surface area contributed by atoms with Gasteiger partial charge in [-0.15, -0.1) is 0 Å². The van der Waals surface area contributed by atoms with E-state index < -0.39 is 0 Å². The second-order valence-electron chi connectivity index (χ2n) is 16.5. The molecule has 3 aromatic carbocycles. The second-order valence-corrected chi connectivity index (χ2v) is 18.2. The van der Waals surface area contributed by atoms with Crippen LogP contribution >= 0.6 is 39.1 Å². The van der Waals surface area contributed by atoms with Crippen LogP contribution < -0.4 is 21.5 Å². The lowest BCUT2D eigenvalue weighted by molar-refractivity contribution is 0.207. The molecule has 330 valence electrons. The summed E-state index contributed by atoms with van der Waals surface area (Å²) in [5.74, 6) is 0. The molecule has 2 aliphatic carbocycles. The monoisotopic (exact) mass is 969 g/mol. The van der Waals surface area contributed by atoms with Crippen molar-refractivity contribution in [3.63, 3.8) is 0 Å². The minimum Gasteiger partial charge on any atom is -0.361 e. The number of benzene rings is 3. The van der Waals surface area contributed by atoms with E-state index in [4.69, 9.17) is 23.2 Å². The van der Waals surface area contributed by atoms with E-state index >= 15 is 0 Å². The first-order valence-electron chi connectivity index (χ1n) is 21.8. The van der Waals surface area contributed by atoms with Crippen molar-refractivity contribution in [3.05, 3.63) is 201 Å². The SMILES string of the molecule is O=C(Nc1ccccc1)N1CCC(=C2c3ccc(Cl)cc3CCc3c2[nH]cc(Br)c3=O)CC1.O=C(Nc1cccnc1)N1CCC(=C2c3ccc(Cl)cc3CCc3c2[nH]ccc3=O)CC1. The van der Waals surface area contributed by atoms with Crippen LogP contribution in [0, 0.1) is 0 Å². The lowest BCUT2D eigenvalue weighted by Gasteiger charge is -2.30. The quantitative estimate of drug-likeness (QED) is 0.137. The minimum absolute atomic E-state index is 0.0282. The number of H-pyrrole nitrogens is 2. The zero-order valence-electron chi connectivity index (χ0n) is 35.5. The molecule has 65 heavy (non-hydrogen) atoms. The average molecular weight is 972 g/mol. The van der Waals surface area contributed by atoms with Crippen LogP contribution in [-0.2, 0) is 25.7 Å². The fourth-order valence-electron chi connectivity index (χ4n) is 9.36. The van der Waals surface area contributed by atoms with Gasteiger partial charge in [-0.3, -0.25) is 14.6 Å². The molecule has 6 aromatic rings. The van der Waals surface area contributed by atoms with Crippen molar-refractivity contribution in [2.75, 3.05) is 36.8 Å². The molecule has 0 saturated carbocycles. The summed E-state index contributed by atoms with van der Waals surface area (Å²) >= 11 is 16.0. The summed E-state index contributed by atoms with van der Waals surface area (Å²) in [5.41, 5.74) is 14.2. The molecule has 4 N–H and O–H groups in total. The van der Waals surface area contributed by atoms with Crippen molar-refractivity contribution in [2.24, 2.45) is 0 Å². The van der Waals surface area contributed by atoms with Crippen molar-refractivity contribution in [3.8, 4) is 0 Å². The van der Waals surface area contributed by atoms with Gasteiger partial charge in [-0.2, -0.15) is 0 Å². The van der Waals surface area contributed by atoms with Crippen LogP contribution in [0.5, 0.6) is 0 Å². The number of hydrogen-bond donors (Lipinski definition) is 4. The first-order valence-corrected chi connectivity index (χ1v) is 23.4. The number of para-hydroxylation sites is 1. The zero-order chi connectivity index (χ0) is 45.0. The highest BCUT2D eigenvalue weighted by Crippen LogP contribution is 2.40. The predicted molar refractivity (Wildman–Crippen MR) is 262 cm³/mol. The third-order valence-corrected chi connectivity index (χ3v) is 13.7. The van der Waals surface area contributed by atoms with E-state index in [9.17, 15) is 19.2 Å². The van der Waals surface area contributed by atoms with E-state index in [0.717, 1.165) is 100 Å². The molecule has 5 heterocycles. The molecule has 0 spiro atoms. The summed E-state index contributed by atoms with van der Waals surface area (Å²) in [7, 11) is 0. The fraction of sp³-hybridized carbons (Fsp3) is 0.235. The van der Waals surface area contributed by atoms with Crippen LogP contribution in [0.1, 0.15) is 70.5 Å². The summed E-state index contributed by atoms with van der Waals surface area (Å²) in [6.07, 6.45) is 12.6. The molecule has 11 nitrogen and oxygen atoms in total. The van der Waals surface area contributed by atoms with E-state index in [1.165, 1.54) is 11.1 Å². The van der Waals surface area contributed by atoms with Gasteiger partial charge in [0.2, 0.25) is 0 Å². The number of carbonyl (C=O) groups is 2. The fourth-order valence-corrected chi connectivity index (χ4v) is 10.1.